The highest BCUT2D eigenvalue weighted by Gasteiger charge is 2.26. The molecule has 1 aromatic carbocycles. The van der Waals surface area contributed by atoms with E-state index in [4.69, 9.17) is 0 Å². The standard InChI is InChI=1S/C22H19N5O3/c1-15-8-10-16(11-9-15)14-18(17-6-2-4-12-23-17)24-21-20(27(29)30)22(28)26-13-5-3-7-19(26)25-21/h2-13,18,24H,14H2,1H3. The van der Waals surface area contributed by atoms with Crippen LogP contribution in [0.15, 0.2) is 77.9 Å². The minimum absolute atomic E-state index is 0.0704. The highest BCUT2D eigenvalue weighted by Crippen LogP contribution is 2.26. The van der Waals surface area contributed by atoms with E-state index < -0.39 is 22.2 Å². The highest BCUT2D eigenvalue weighted by atomic mass is 16.6. The lowest BCUT2D eigenvalue weighted by Crippen LogP contribution is -2.23. The number of benzene rings is 1. The van der Waals surface area contributed by atoms with Gasteiger partial charge < -0.3 is 5.32 Å². The van der Waals surface area contributed by atoms with Gasteiger partial charge in [0.2, 0.25) is 5.82 Å². The van der Waals surface area contributed by atoms with Crippen LogP contribution in [0.3, 0.4) is 0 Å². The van der Waals surface area contributed by atoms with E-state index in [-0.39, 0.29) is 5.82 Å². The third-order valence-corrected chi connectivity index (χ3v) is 4.81. The summed E-state index contributed by atoms with van der Waals surface area (Å²) < 4.78 is 1.17. The normalized spacial score (nSPS) is 11.9. The van der Waals surface area contributed by atoms with Crippen LogP contribution in [0.5, 0.6) is 0 Å². The smallest absolute Gasteiger partial charge is 0.355 e. The van der Waals surface area contributed by atoms with E-state index in [1.807, 2.05) is 43.3 Å². The third kappa shape index (κ3) is 3.88. The fraction of sp³-hybridized carbons (Fsp3) is 0.136. The van der Waals surface area contributed by atoms with Gasteiger partial charge in [-0.25, -0.2) is 4.98 Å². The van der Waals surface area contributed by atoms with E-state index >= 15 is 0 Å². The van der Waals surface area contributed by atoms with Gasteiger partial charge in [-0.2, -0.15) is 0 Å². The van der Waals surface area contributed by atoms with E-state index in [1.54, 1.807) is 30.5 Å². The lowest BCUT2D eigenvalue weighted by atomic mass is 10.0. The summed E-state index contributed by atoms with van der Waals surface area (Å²) in [5.41, 5.74) is 1.87. The van der Waals surface area contributed by atoms with Crippen molar-refractivity contribution in [1.82, 2.24) is 14.4 Å². The molecule has 4 aromatic rings. The fourth-order valence-electron chi connectivity index (χ4n) is 3.28. The van der Waals surface area contributed by atoms with Gasteiger partial charge in [-0.15, -0.1) is 0 Å². The Balaban J connectivity index is 1.80. The topological polar surface area (TPSA) is 102 Å². The van der Waals surface area contributed by atoms with E-state index in [1.165, 1.54) is 10.6 Å². The fourth-order valence-corrected chi connectivity index (χ4v) is 3.28. The Morgan fingerprint density at radius 3 is 2.57 bits per heavy atom. The van der Waals surface area contributed by atoms with Gasteiger partial charge in [-0.3, -0.25) is 24.3 Å². The molecule has 0 saturated heterocycles. The monoisotopic (exact) mass is 401 g/mol. The van der Waals surface area contributed by atoms with Crippen LogP contribution in [0.2, 0.25) is 0 Å². The van der Waals surface area contributed by atoms with Gasteiger partial charge in [0, 0.05) is 12.4 Å². The number of aromatic nitrogens is 3. The molecule has 0 aliphatic carbocycles. The van der Waals surface area contributed by atoms with Crippen molar-refractivity contribution in [3.05, 3.63) is 110 Å². The van der Waals surface area contributed by atoms with Crippen molar-refractivity contribution >= 4 is 17.2 Å². The molecule has 1 N–H and O–H groups in total. The summed E-state index contributed by atoms with van der Waals surface area (Å²) in [4.78, 5) is 32.5. The molecule has 1 unspecified atom stereocenters. The van der Waals surface area contributed by atoms with Crippen molar-refractivity contribution in [2.75, 3.05) is 5.32 Å². The van der Waals surface area contributed by atoms with Crippen molar-refractivity contribution in [3.63, 3.8) is 0 Å². The molecule has 30 heavy (non-hydrogen) atoms. The molecule has 0 fully saturated rings. The lowest BCUT2D eigenvalue weighted by Gasteiger charge is -2.19. The number of aryl methyl sites for hydroxylation is 1. The van der Waals surface area contributed by atoms with Gasteiger partial charge >= 0.3 is 11.2 Å². The summed E-state index contributed by atoms with van der Waals surface area (Å²) in [6.45, 7) is 2.01. The van der Waals surface area contributed by atoms with Gasteiger partial charge in [0.1, 0.15) is 5.65 Å². The summed E-state index contributed by atoms with van der Waals surface area (Å²) >= 11 is 0. The minimum Gasteiger partial charge on any atom is -0.355 e. The second-order valence-electron chi connectivity index (χ2n) is 6.94. The van der Waals surface area contributed by atoms with Gasteiger partial charge in [0.05, 0.1) is 16.7 Å². The molecule has 1 atom stereocenters. The van der Waals surface area contributed by atoms with Gasteiger partial charge in [-0.05, 0) is 43.2 Å². The van der Waals surface area contributed by atoms with Crippen molar-refractivity contribution in [2.24, 2.45) is 0 Å². The number of rotatable bonds is 6. The number of nitrogens with zero attached hydrogens (tertiary/aromatic N) is 4. The first kappa shape index (κ1) is 19.3. The second-order valence-corrected chi connectivity index (χ2v) is 6.94. The van der Waals surface area contributed by atoms with Crippen molar-refractivity contribution in [2.45, 2.75) is 19.4 Å². The second kappa shape index (κ2) is 8.12. The Bertz CT molecular complexity index is 1250. The first-order chi connectivity index (χ1) is 14.5. The van der Waals surface area contributed by atoms with Crippen molar-refractivity contribution in [1.29, 1.82) is 0 Å². The molecule has 3 aromatic heterocycles. The molecular weight excluding hydrogens is 382 g/mol. The van der Waals surface area contributed by atoms with Crippen LogP contribution in [0.4, 0.5) is 11.5 Å². The first-order valence-corrected chi connectivity index (χ1v) is 9.42. The molecule has 0 aliphatic heterocycles. The van der Waals surface area contributed by atoms with Crippen LogP contribution in [-0.4, -0.2) is 19.3 Å². The van der Waals surface area contributed by atoms with Crippen molar-refractivity contribution in [3.8, 4) is 0 Å². The zero-order valence-corrected chi connectivity index (χ0v) is 16.2. The van der Waals surface area contributed by atoms with Crippen molar-refractivity contribution < 1.29 is 4.92 Å². The van der Waals surface area contributed by atoms with Crippen LogP contribution in [0.25, 0.3) is 5.65 Å². The molecule has 0 saturated carbocycles. The van der Waals surface area contributed by atoms with Crippen LogP contribution >= 0.6 is 0 Å². The highest BCUT2D eigenvalue weighted by molar-refractivity contribution is 5.60. The molecule has 0 amide bonds. The number of anilines is 1. The number of fused-ring (bicyclic) bond motifs is 1. The summed E-state index contributed by atoms with van der Waals surface area (Å²) in [5, 5.41) is 14.8. The molecule has 4 rings (SSSR count). The summed E-state index contributed by atoms with van der Waals surface area (Å²) in [7, 11) is 0. The predicted octanol–water partition coefficient (Wildman–Crippen LogP) is 3.70. The first-order valence-electron chi connectivity index (χ1n) is 9.42. The Morgan fingerprint density at radius 2 is 1.87 bits per heavy atom. The maximum atomic E-state index is 12.7. The number of nitrogens with one attached hydrogen (secondary N) is 1. The zero-order chi connectivity index (χ0) is 21.1. The molecule has 8 heteroatoms. The zero-order valence-electron chi connectivity index (χ0n) is 16.2. The Labute approximate surface area is 172 Å². The molecule has 8 nitrogen and oxygen atoms in total. The van der Waals surface area contributed by atoms with Crippen LogP contribution < -0.4 is 10.9 Å². The Morgan fingerprint density at radius 1 is 1.10 bits per heavy atom. The largest absolute Gasteiger partial charge is 0.376 e. The third-order valence-electron chi connectivity index (χ3n) is 4.81. The Kier molecular flexibility index (Phi) is 5.21. The summed E-state index contributed by atoms with van der Waals surface area (Å²) in [6, 6.07) is 18.1. The van der Waals surface area contributed by atoms with Crippen LogP contribution in [-0.2, 0) is 6.42 Å². The predicted molar refractivity (Wildman–Crippen MR) is 114 cm³/mol. The van der Waals surface area contributed by atoms with Crippen LogP contribution in [0, 0.1) is 17.0 Å². The maximum Gasteiger partial charge on any atom is 0.376 e. The molecule has 150 valence electrons. The molecule has 0 radical (unpaired) electrons. The maximum absolute atomic E-state index is 12.7. The number of hydrogen-bond donors (Lipinski definition) is 1. The van der Waals surface area contributed by atoms with E-state index in [0.29, 0.717) is 17.8 Å². The van der Waals surface area contributed by atoms with Gasteiger partial charge in [0.25, 0.3) is 0 Å². The summed E-state index contributed by atoms with van der Waals surface area (Å²) in [5.74, 6) is -0.0704. The minimum atomic E-state index is -0.733. The van der Waals surface area contributed by atoms with Gasteiger partial charge in [0.15, 0.2) is 0 Å². The number of hydrogen-bond acceptors (Lipinski definition) is 6. The SMILES string of the molecule is Cc1ccc(CC(Nc2nc3ccccn3c(=O)c2[N+](=O)[O-])c2ccccn2)cc1. The van der Waals surface area contributed by atoms with E-state index in [0.717, 1.165) is 11.1 Å². The quantitative estimate of drug-likeness (QED) is 0.390. The number of nitro groups is 1. The van der Waals surface area contributed by atoms with E-state index in [9.17, 15) is 14.9 Å². The molecule has 0 spiro atoms. The average Bonchev–Trinajstić information content (AvgIpc) is 2.75. The molecule has 3 heterocycles. The van der Waals surface area contributed by atoms with E-state index in [2.05, 4.69) is 15.3 Å². The molecule has 0 aliphatic rings. The van der Waals surface area contributed by atoms with Crippen LogP contribution in [0.1, 0.15) is 22.9 Å². The average molecular weight is 401 g/mol. The summed E-state index contributed by atoms with van der Waals surface area (Å²) in [6.07, 6.45) is 3.64. The molecule has 0 bridgehead atoms. The van der Waals surface area contributed by atoms with Gasteiger partial charge in [-0.1, -0.05) is 42.0 Å². The molecular formula is C22H19N5O3. The lowest BCUT2D eigenvalue weighted by molar-refractivity contribution is -0.385. The Hall–Kier alpha value is -4.07. The number of pyridine rings is 2.